The zero-order chi connectivity index (χ0) is 17.0. The van der Waals surface area contributed by atoms with Gasteiger partial charge in [-0.25, -0.2) is 0 Å². The number of rotatable bonds is 16. The van der Waals surface area contributed by atoms with Crippen LogP contribution < -0.4 is 5.73 Å². The summed E-state index contributed by atoms with van der Waals surface area (Å²) in [5.74, 6) is 0. The normalized spacial score (nSPS) is 16.0. The molecule has 1 aliphatic rings. The third-order valence-electron chi connectivity index (χ3n) is 4.56. The van der Waals surface area contributed by atoms with E-state index >= 15 is 0 Å². The van der Waals surface area contributed by atoms with Gasteiger partial charge in [-0.15, -0.1) is 0 Å². The number of epoxide rings is 1. The molecular formula is C21H45NO. The summed E-state index contributed by atoms with van der Waals surface area (Å²) < 4.78 is 4.71. The van der Waals surface area contributed by atoms with Crippen molar-refractivity contribution < 1.29 is 4.74 Å². The molecule has 140 valence electrons. The van der Waals surface area contributed by atoms with Crippen LogP contribution in [-0.4, -0.2) is 19.3 Å². The number of hydrogen-bond acceptors (Lipinski definition) is 2. The van der Waals surface area contributed by atoms with Crippen molar-refractivity contribution in [3.8, 4) is 0 Å². The molecule has 2 nitrogen and oxygen atoms in total. The summed E-state index contributed by atoms with van der Waals surface area (Å²) in [4.78, 5) is 0. The average molecular weight is 328 g/mol. The Kier molecular flexibility index (Phi) is 19.9. The zero-order valence-electron chi connectivity index (χ0n) is 16.3. The van der Waals surface area contributed by atoms with Gasteiger partial charge in [0, 0.05) is 0 Å². The quantitative estimate of drug-likeness (QED) is 0.256. The highest BCUT2D eigenvalue weighted by atomic mass is 16.6. The first-order chi connectivity index (χ1) is 11.3. The molecular weight excluding hydrogens is 282 g/mol. The molecule has 0 amide bonds. The first-order valence-corrected chi connectivity index (χ1v) is 10.6. The highest BCUT2D eigenvalue weighted by Gasteiger charge is 2.13. The molecule has 0 aliphatic carbocycles. The van der Waals surface area contributed by atoms with E-state index in [1.165, 1.54) is 103 Å². The molecule has 1 heterocycles. The highest BCUT2D eigenvalue weighted by molar-refractivity contribution is 4.58. The largest absolute Gasteiger partial charge is 0.373 e. The second kappa shape index (κ2) is 20.0. The lowest BCUT2D eigenvalue weighted by atomic mass is 10.0. The summed E-state index contributed by atoms with van der Waals surface area (Å²) in [6, 6.07) is 0. The molecule has 0 aromatic heterocycles. The second-order valence-corrected chi connectivity index (χ2v) is 7.24. The molecule has 0 spiro atoms. The van der Waals surface area contributed by atoms with Crippen molar-refractivity contribution in [2.45, 2.75) is 123 Å². The van der Waals surface area contributed by atoms with E-state index in [0.29, 0.717) is 6.10 Å². The topological polar surface area (TPSA) is 38.5 Å². The van der Waals surface area contributed by atoms with Crippen molar-refractivity contribution in [3.63, 3.8) is 0 Å². The molecule has 1 aliphatic heterocycles. The molecule has 0 saturated carbocycles. The molecule has 2 N–H and O–H groups in total. The maximum absolute atomic E-state index is 5.48. The van der Waals surface area contributed by atoms with Crippen LogP contribution in [0.15, 0.2) is 0 Å². The highest BCUT2D eigenvalue weighted by Crippen LogP contribution is 2.13. The second-order valence-electron chi connectivity index (χ2n) is 7.24. The van der Waals surface area contributed by atoms with E-state index in [0.717, 1.165) is 13.2 Å². The van der Waals surface area contributed by atoms with Gasteiger partial charge in [-0.05, 0) is 19.9 Å². The maximum atomic E-state index is 5.48. The molecule has 2 heteroatoms. The smallest absolute Gasteiger partial charge is 0.0781 e. The summed E-state index contributed by atoms with van der Waals surface area (Å²) >= 11 is 0. The number of hydrogen-bond donors (Lipinski definition) is 1. The predicted octanol–water partition coefficient (Wildman–Crippen LogP) is 6.61. The maximum Gasteiger partial charge on any atom is 0.0781 e. The zero-order valence-corrected chi connectivity index (χ0v) is 16.3. The van der Waals surface area contributed by atoms with Gasteiger partial charge in [0.25, 0.3) is 0 Å². The van der Waals surface area contributed by atoms with Crippen LogP contribution >= 0.6 is 0 Å². The van der Waals surface area contributed by atoms with E-state index in [-0.39, 0.29) is 0 Å². The minimum Gasteiger partial charge on any atom is -0.373 e. The summed E-state index contributed by atoms with van der Waals surface area (Å²) in [6.45, 7) is 6.21. The third-order valence-corrected chi connectivity index (χ3v) is 4.56. The summed E-state index contributed by atoms with van der Waals surface area (Å²) in [7, 11) is 0. The first-order valence-electron chi connectivity index (χ1n) is 10.6. The van der Waals surface area contributed by atoms with Crippen LogP contribution in [0.4, 0.5) is 0 Å². The number of unbranched alkanes of at least 4 members (excludes halogenated alkanes) is 15. The van der Waals surface area contributed by atoms with E-state index in [1.807, 2.05) is 0 Å². The molecule has 0 bridgehead atoms. The molecule has 1 rings (SSSR count). The Labute approximate surface area is 146 Å². The van der Waals surface area contributed by atoms with Crippen molar-refractivity contribution in [3.05, 3.63) is 0 Å². The van der Waals surface area contributed by atoms with Gasteiger partial charge in [-0.2, -0.15) is 0 Å². The molecule has 1 unspecified atom stereocenters. The Morgan fingerprint density at radius 2 is 0.913 bits per heavy atom. The van der Waals surface area contributed by atoms with E-state index in [4.69, 9.17) is 10.5 Å². The van der Waals surface area contributed by atoms with Crippen LogP contribution in [0.1, 0.15) is 117 Å². The predicted molar refractivity (Wildman–Crippen MR) is 104 cm³/mol. The lowest BCUT2D eigenvalue weighted by Crippen LogP contribution is -1.97. The van der Waals surface area contributed by atoms with Crippen molar-refractivity contribution in [2.24, 2.45) is 5.73 Å². The van der Waals surface area contributed by atoms with Gasteiger partial charge in [0.05, 0.1) is 12.7 Å². The summed E-state index contributed by atoms with van der Waals surface area (Å²) in [5, 5.41) is 0. The Hall–Kier alpha value is -0.0800. The fourth-order valence-corrected chi connectivity index (χ4v) is 2.79. The molecule has 1 fully saturated rings. The number of nitrogens with two attached hydrogens (primary N) is 1. The molecule has 0 aromatic rings. The van der Waals surface area contributed by atoms with Crippen LogP contribution in [0.3, 0.4) is 0 Å². The SMILES string of the molecule is CC1CO1.CCCCCCCCCCCCCCCCCCN. The Bertz CT molecular complexity index is 188. The van der Waals surface area contributed by atoms with Gasteiger partial charge in [-0.1, -0.05) is 103 Å². The fraction of sp³-hybridized carbons (Fsp3) is 1.00. The van der Waals surface area contributed by atoms with Gasteiger partial charge in [0.15, 0.2) is 0 Å². The molecule has 23 heavy (non-hydrogen) atoms. The number of ether oxygens (including phenoxy) is 1. The Balaban J connectivity index is 0.00000104. The van der Waals surface area contributed by atoms with Crippen LogP contribution in [0.25, 0.3) is 0 Å². The van der Waals surface area contributed by atoms with E-state index in [9.17, 15) is 0 Å². The van der Waals surface area contributed by atoms with Gasteiger partial charge < -0.3 is 10.5 Å². The van der Waals surface area contributed by atoms with Gasteiger partial charge in [0.2, 0.25) is 0 Å². The summed E-state index contributed by atoms with van der Waals surface area (Å²) in [5.41, 5.74) is 5.48. The lowest BCUT2D eigenvalue weighted by molar-refractivity contribution is 0.423. The minimum absolute atomic E-state index is 0.583. The monoisotopic (exact) mass is 327 g/mol. The lowest BCUT2D eigenvalue weighted by Gasteiger charge is -2.03. The van der Waals surface area contributed by atoms with Gasteiger partial charge >= 0.3 is 0 Å². The van der Waals surface area contributed by atoms with Crippen LogP contribution in [0, 0.1) is 0 Å². The minimum atomic E-state index is 0.583. The summed E-state index contributed by atoms with van der Waals surface area (Å²) in [6.07, 6.45) is 23.4. The molecule has 0 radical (unpaired) electrons. The van der Waals surface area contributed by atoms with Crippen LogP contribution in [0.5, 0.6) is 0 Å². The van der Waals surface area contributed by atoms with Gasteiger partial charge in [-0.3, -0.25) is 0 Å². The standard InChI is InChI=1S/C18H39N.C3H6O/c1-2-3-4-5-6-7-8-9-10-11-12-13-14-15-16-17-18-19;1-3-2-4-3/h2-19H2,1H3;3H,2H2,1H3. The Morgan fingerprint density at radius 1 is 0.652 bits per heavy atom. The third kappa shape index (κ3) is 24.3. The first kappa shape index (κ1) is 22.9. The average Bonchev–Trinajstić information content (AvgIpc) is 3.34. The molecule has 0 aromatic carbocycles. The van der Waals surface area contributed by atoms with Crippen molar-refractivity contribution >= 4 is 0 Å². The van der Waals surface area contributed by atoms with E-state index < -0.39 is 0 Å². The van der Waals surface area contributed by atoms with Crippen molar-refractivity contribution in [2.75, 3.05) is 13.2 Å². The van der Waals surface area contributed by atoms with Crippen LogP contribution in [0.2, 0.25) is 0 Å². The molecule has 1 saturated heterocycles. The molecule has 1 atom stereocenters. The van der Waals surface area contributed by atoms with E-state index in [1.54, 1.807) is 0 Å². The van der Waals surface area contributed by atoms with E-state index in [2.05, 4.69) is 13.8 Å². The Morgan fingerprint density at radius 3 is 1.13 bits per heavy atom. The van der Waals surface area contributed by atoms with Crippen LogP contribution in [-0.2, 0) is 4.74 Å². The van der Waals surface area contributed by atoms with Crippen molar-refractivity contribution in [1.82, 2.24) is 0 Å². The fourth-order valence-electron chi connectivity index (χ4n) is 2.79. The van der Waals surface area contributed by atoms with Crippen molar-refractivity contribution in [1.29, 1.82) is 0 Å². The van der Waals surface area contributed by atoms with Gasteiger partial charge in [0.1, 0.15) is 0 Å².